The minimum Gasteiger partial charge on any atom is -0.383 e. The van der Waals surface area contributed by atoms with Crippen molar-refractivity contribution in [2.45, 2.75) is 20.3 Å². The van der Waals surface area contributed by atoms with Crippen molar-refractivity contribution < 1.29 is 0 Å². The van der Waals surface area contributed by atoms with Gasteiger partial charge in [-0.25, -0.2) is 4.98 Å². The smallest absolute Gasteiger partial charge is 0.224 e. The van der Waals surface area contributed by atoms with Gasteiger partial charge >= 0.3 is 0 Å². The fraction of sp³-hybridized carbons (Fsp3) is 0.188. The first-order valence-electron chi connectivity index (χ1n) is 6.99. The van der Waals surface area contributed by atoms with E-state index in [4.69, 9.17) is 17.2 Å². The number of aryl methyl sites for hydroxylation is 2. The lowest BCUT2D eigenvalue weighted by Crippen LogP contribution is -2.08. The van der Waals surface area contributed by atoms with Crippen molar-refractivity contribution in [2.75, 3.05) is 17.2 Å². The van der Waals surface area contributed by atoms with Crippen molar-refractivity contribution in [3.8, 4) is 0 Å². The van der Waals surface area contributed by atoms with E-state index < -0.39 is 0 Å². The van der Waals surface area contributed by atoms with Gasteiger partial charge in [-0.1, -0.05) is 29.8 Å². The summed E-state index contributed by atoms with van der Waals surface area (Å²) in [6.07, 6.45) is 0.685. The van der Waals surface area contributed by atoms with E-state index in [2.05, 4.69) is 46.1 Å². The van der Waals surface area contributed by atoms with Crippen LogP contribution in [0.25, 0.3) is 11.0 Å². The second-order valence-electron chi connectivity index (χ2n) is 5.43. The summed E-state index contributed by atoms with van der Waals surface area (Å²) in [5.41, 5.74) is 22.4. The standard InChI is InChI=1S/C16H18N6/c1-8-3-5-10(6-4-8)7-11-9(2)12-14(18)21-16(19)22-15(12)20-13(11)17/h3-6H,7H2,1-2H3,(H6,17,18,19,20,21,22). The fourth-order valence-electron chi connectivity index (χ4n) is 2.58. The molecular formula is C16H18N6. The molecule has 0 amide bonds. The van der Waals surface area contributed by atoms with Crippen LogP contribution in [0.1, 0.15) is 22.3 Å². The van der Waals surface area contributed by atoms with E-state index in [0.29, 0.717) is 29.1 Å². The van der Waals surface area contributed by atoms with Crippen LogP contribution in [0.2, 0.25) is 0 Å². The molecule has 2 heterocycles. The maximum absolute atomic E-state index is 6.11. The highest BCUT2D eigenvalue weighted by molar-refractivity contribution is 5.91. The SMILES string of the molecule is Cc1ccc(Cc2c(N)nc3nc(N)nc(N)c3c2C)cc1. The Morgan fingerprint density at radius 3 is 2.23 bits per heavy atom. The molecule has 6 nitrogen and oxygen atoms in total. The maximum Gasteiger partial charge on any atom is 0.224 e. The molecular weight excluding hydrogens is 276 g/mol. The lowest BCUT2D eigenvalue weighted by atomic mass is 9.98. The van der Waals surface area contributed by atoms with Crippen LogP contribution in [-0.2, 0) is 6.42 Å². The highest BCUT2D eigenvalue weighted by Crippen LogP contribution is 2.29. The molecule has 112 valence electrons. The van der Waals surface area contributed by atoms with E-state index in [0.717, 1.165) is 16.7 Å². The molecule has 0 unspecified atom stereocenters. The van der Waals surface area contributed by atoms with Crippen molar-refractivity contribution in [1.29, 1.82) is 0 Å². The van der Waals surface area contributed by atoms with Gasteiger partial charge in [0.15, 0.2) is 5.65 Å². The molecule has 0 fully saturated rings. The highest BCUT2D eigenvalue weighted by Gasteiger charge is 2.15. The van der Waals surface area contributed by atoms with Crippen LogP contribution >= 0.6 is 0 Å². The van der Waals surface area contributed by atoms with Crippen LogP contribution in [0.5, 0.6) is 0 Å². The number of hydrogen-bond donors (Lipinski definition) is 3. The van der Waals surface area contributed by atoms with Gasteiger partial charge in [0.1, 0.15) is 11.6 Å². The maximum atomic E-state index is 6.11. The number of fused-ring (bicyclic) bond motifs is 1. The minimum absolute atomic E-state index is 0.0996. The normalized spacial score (nSPS) is 11.0. The topological polar surface area (TPSA) is 117 Å². The zero-order valence-corrected chi connectivity index (χ0v) is 12.6. The van der Waals surface area contributed by atoms with Gasteiger partial charge in [0.05, 0.1) is 5.39 Å². The largest absolute Gasteiger partial charge is 0.383 e. The van der Waals surface area contributed by atoms with Crippen molar-refractivity contribution in [3.63, 3.8) is 0 Å². The van der Waals surface area contributed by atoms with Crippen molar-refractivity contribution in [1.82, 2.24) is 15.0 Å². The van der Waals surface area contributed by atoms with Crippen molar-refractivity contribution in [2.24, 2.45) is 0 Å². The number of anilines is 3. The summed E-state index contributed by atoms with van der Waals surface area (Å²) in [7, 11) is 0. The summed E-state index contributed by atoms with van der Waals surface area (Å²) in [5.74, 6) is 0.878. The molecule has 0 aliphatic carbocycles. The molecule has 1 aromatic carbocycles. The molecule has 2 aromatic heterocycles. The molecule has 3 aromatic rings. The Balaban J connectivity index is 2.15. The van der Waals surface area contributed by atoms with Gasteiger partial charge in [0.25, 0.3) is 0 Å². The Labute approximate surface area is 128 Å². The first-order valence-corrected chi connectivity index (χ1v) is 6.99. The second kappa shape index (κ2) is 5.14. The fourth-order valence-corrected chi connectivity index (χ4v) is 2.58. The molecule has 6 N–H and O–H groups in total. The predicted molar refractivity (Wildman–Crippen MR) is 89.3 cm³/mol. The van der Waals surface area contributed by atoms with Crippen LogP contribution in [0.3, 0.4) is 0 Å². The Morgan fingerprint density at radius 2 is 1.55 bits per heavy atom. The van der Waals surface area contributed by atoms with Gasteiger partial charge in [0.2, 0.25) is 5.95 Å². The number of nitrogens with zero attached hydrogens (tertiary/aromatic N) is 3. The Bertz CT molecular complexity index is 855. The van der Waals surface area contributed by atoms with Crippen LogP contribution in [0.15, 0.2) is 24.3 Å². The van der Waals surface area contributed by atoms with Crippen molar-refractivity contribution >= 4 is 28.6 Å². The van der Waals surface area contributed by atoms with Crippen LogP contribution in [-0.4, -0.2) is 15.0 Å². The summed E-state index contributed by atoms with van der Waals surface area (Å²) in [4.78, 5) is 12.5. The summed E-state index contributed by atoms with van der Waals surface area (Å²) in [6, 6.07) is 8.32. The number of pyridine rings is 1. The first kappa shape index (κ1) is 14.1. The molecule has 22 heavy (non-hydrogen) atoms. The molecule has 0 bridgehead atoms. The highest BCUT2D eigenvalue weighted by atomic mass is 15.1. The lowest BCUT2D eigenvalue weighted by molar-refractivity contribution is 1.12. The van der Waals surface area contributed by atoms with Crippen LogP contribution in [0, 0.1) is 13.8 Å². The molecule has 0 saturated carbocycles. The molecule has 0 radical (unpaired) electrons. The zero-order valence-electron chi connectivity index (χ0n) is 12.6. The minimum atomic E-state index is 0.0996. The Hall–Kier alpha value is -2.89. The predicted octanol–water partition coefficient (Wildman–Crippen LogP) is 1.98. The van der Waals surface area contributed by atoms with Gasteiger partial charge in [-0.3, -0.25) is 0 Å². The first-order chi connectivity index (χ1) is 10.5. The Morgan fingerprint density at radius 1 is 0.864 bits per heavy atom. The van der Waals surface area contributed by atoms with E-state index in [-0.39, 0.29) is 5.95 Å². The number of nitrogens with two attached hydrogens (primary N) is 3. The Kier molecular flexibility index (Phi) is 3.29. The van der Waals surface area contributed by atoms with E-state index in [1.54, 1.807) is 0 Å². The van der Waals surface area contributed by atoms with Crippen molar-refractivity contribution in [3.05, 3.63) is 46.5 Å². The van der Waals surface area contributed by atoms with Gasteiger partial charge in [-0.2, -0.15) is 9.97 Å². The number of benzene rings is 1. The molecule has 0 aliphatic rings. The summed E-state index contributed by atoms with van der Waals surface area (Å²) in [5, 5.41) is 0.713. The zero-order chi connectivity index (χ0) is 15.9. The monoisotopic (exact) mass is 294 g/mol. The van der Waals surface area contributed by atoms with E-state index >= 15 is 0 Å². The molecule has 0 aliphatic heterocycles. The second-order valence-corrected chi connectivity index (χ2v) is 5.43. The van der Waals surface area contributed by atoms with Gasteiger partial charge in [-0.15, -0.1) is 0 Å². The average Bonchev–Trinajstić information content (AvgIpc) is 2.44. The third kappa shape index (κ3) is 2.39. The molecule has 3 rings (SSSR count). The molecule has 6 heteroatoms. The molecule has 0 spiro atoms. The molecule has 0 atom stereocenters. The summed E-state index contributed by atoms with van der Waals surface area (Å²) >= 11 is 0. The van der Waals surface area contributed by atoms with Gasteiger partial charge in [0, 0.05) is 12.0 Å². The van der Waals surface area contributed by atoms with Crippen LogP contribution < -0.4 is 17.2 Å². The summed E-state index contributed by atoms with van der Waals surface area (Å²) < 4.78 is 0. The number of aromatic nitrogens is 3. The lowest BCUT2D eigenvalue weighted by Gasteiger charge is -2.13. The van der Waals surface area contributed by atoms with E-state index in [1.807, 2.05) is 6.92 Å². The van der Waals surface area contributed by atoms with E-state index in [1.165, 1.54) is 5.56 Å². The van der Waals surface area contributed by atoms with Gasteiger partial charge in [-0.05, 0) is 25.0 Å². The average molecular weight is 294 g/mol. The quantitative estimate of drug-likeness (QED) is 0.665. The summed E-state index contributed by atoms with van der Waals surface area (Å²) in [6.45, 7) is 4.02. The van der Waals surface area contributed by atoms with Gasteiger partial charge < -0.3 is 17.2 Å². The number of hydrogen-bond acceptors (Lipinski definition) is 6. The van der Waals surface area contributed by atoms with E-state index in [9.17, 15) is 0 Å². The molecule has 0 saturated heterocycles. The van der Waals surface area contributed by atoms with Crippen LogP contribution in [0.4, 0.5) is 17.6 Å². The number of rotatable bonds is 2. The third-order valence-corrected chi connectivity index (χ3v) is 3.80. The third-order valence-electron chi connectivity index (χ3n) is 3.80. The number of nitrogen functional groups attached to an aromatic ring is 3.